The van der Waals surface area contributed by atoms with Crippen molar-refractivity contribution in [1.29, 1.82) is 0 Å². The minimum Gasteiger partial charge on any atom is -0.481 e. The quantitative estimate of drug-likeness (QED) is 0.806. The summed E-state index contributed by atoms with van der Waals surface area (Å²) in [4.78, 5) is 23.4. The number of aryl methyl sites for hydroxylation is 2. The molecule has 1 aliphatic rings. The summed E-state index contributed by atoms with van der Waals surface area (Å²) >= 11 is 0. The van der Waals surface area contributed by atoms with E-state index in [0.717, 1.165) is 0 Å². The first-order valence-electron chi connectivity index (χ1n) is 6.18. The zero-order chi connectivity index (χ0) is 14.0. The Balaban J connectivity index is 2.12. The van der Waals surface area contributed by atoms with Gasteiger partial charge in [0.25, 0.3) is 0 Å². The molecule has 0 saturated carbocycles. The van der Waals surface area contributed by atoms with Crippen LogP contribution in [0, 0.1) is 18.8 Å². The van der Waals surface area contributed by atoms with E-state index in [1.54, 1.807) is 24.9 Å². The van der Waals surface area contributed by atoms with Crippen molar-refractivity contribution >= 4 is 17.6 Å². The Labute approximate surface area is 111 Å². The summed E-state index contributed by atoms with van der Waals surface area (Å²) in [5.74, 6) is -2.36. The maximum absolute atomic E-state index is 12.2. The van der Waals surface area contributed by atoms with Crippen molar-refractivity contribution in [3.63, 3.8) is 0 Å². The average Bonchev–Trinajstić information content (AvgIpc) is 2.67. The lowest BCUT2D eigenvalue weighted by Crippen LogP contribution is -2.34. The van der Waals surface area contributed by atoms with Crippen LogP contribution in [-0.2, 0) is 16.6 Å². The fraction of sp³-hybridized carbons (Fsp3) is 0.462. The van der Waals surface area contributed by atoms with Crippen LogP contribution in [0.4, 0.5) is 5.69 Å². The van der Waals surface area contributed by atoms with E-state index >= 15 is 0 Å². The van der Waals surface area contributed by atoms with Crippen LogP contribution in [0.15, 0.2) is 18.3 Å². The molecular formula is C13H17N3O3. The van der Waals surface area contributed by atoms with Crippen LogP contribution in [0.25, 0.3) is 0 Å². The summed E-state index contributed by atoms with van der Waals surface area (Å²) < 4.78 is 1.61. The van der Waals surface area contributed by atoms with Crippen LogP contribution in [-0.4, -0.2) is 26.8 Å². The van der Waals surface area contributed by atoms with Crippen LogP contribution in [0.1, 0.15) is 18.5 Å². The molecule has 19 heavy (non-hydrogen) atoms. The van der Waals surface area contributed by atoms with Crippen LogP contribution in [0.5, 0.6) is 0 Å². The number of hydrogen-bond acceptors (Lipinski definition) is 3. The molecule has 2 N–H and O–H groups in total. The van der Waals surface area contributed by atoms with Crippen molar-refractivity contribution in [3.05, 3.63) is 24.0 Å². The number of carbonyl (C=O) groups excluding carboxylic acids is 1. The summed E-state index contributed by atoms with van der Waals surface area (Å²) in [5, 5.41) is 16.1. The number of nitrogens with one attached hydrogen (secondary N) is 1. The molecule has 1 amide bonds. The van der Waals surface area contributed by atoms with Gasteiger partial charge in [-0.05, 0) is 19.8 Å². The number of carbonyl (C=O) groups is 2. The third-order valence-electron chi connectivity index (χ3n) is 3.36. The van der Waals surface area contributed by atoms with Gasteiger partial charge in [0.1, 0.15) is 0 Å². The van der Waals surface area contributed by atoms with Crippen LogP contribution in [0.2, 0.25) is 0 Å². The second kappa shape index (κ2) is 5.26. The van der Waals surface area contributed by atoms with E-state index in [1.807, 2.05) is 12.2 Å². The lowest BCUT2D eigenvalue weighted by Gasteiger charge is -2.24. The van der Waals surface area contributed by atoms with E-state index in [9.17, 15) is 9.59 Å². The Morgan fingerprint density at radius 2 is 2.00 bits per heavy atom. The maximum atomic E-state index is 12.2. The highest BCUT2D eigenvalue weighted by atomic mass is 16.4. The Kier molecular flexibility index (Phi) is 3.69. The van der Waals surface area contributed by atoms with Crippen LogP contribution >= 0.6 is 0 Å². The molecule has 0 aromatic carbocycles. The summed E-state index contributed by atoms with van der Waals surface area (Å²) in [6.45, 7) is 1.80. The van der Waals surface area contributed by atoms with Crippen molar-refractivity contribution in [1.82, 2.24) is 9.78 Å². The number of anilines is 1. The molecule has 0 unspecified atom stereocenters. The van der Waals surface area contributed by atoms with Crippen LogP contribution < -0.4 is 5.32 Å². The third-order valence-corrected chi connectivity index (χ3v) is 3.36. The van der Waals surface area contributed by atoms with Gasteiger partial charge < -0.3 is 10.4 Å². The number of hydrogen-bond donors (Lipinski definition) is 2. The fourth-order valence-electron chi connectivity index (χ4n) is 2.32. The van der Waals surface area contributed by atoms with E-state index in [0.29, 0.717) is 24.2 Å². The van der Waals surface area contributed by atoms with Crippen molar-refractivity contribution in [2.75, 3.05) is 5.32 Å². The van der Waals surface area contributed by atoms with Gasteiger partial charge in [0, 0.05) is 13.2 Å². The number of carboxylic acids is 1. The summed E-state index contributed by atoms with van der Waals surface area (Å²) in [6, 6.07) is 0. The smallest absolute Gasteiger partial charge is 0.307 e. The molecule has 0 bridgehead atoms. The largest absolute Gasteiger partial charge is 0.481 e. The molecule has 1 aliphatic carbocycles. The molecule has 0 spiro atoms. The zero-order valence-electron chi connectivity index (χ0n) is 11.0. The first-order valence-corrected chi connectivity index (χ1v) is 6.18. The van der Waals surface area contributed by atoms with Crippen molar-refractivity contribution in [2.24, 2.45) is 18.9 Å². The van der Waals surface area contributed by atoms with Crippen LogP contribution in [0.3, 0.4) is 0 Å². The van der Waals surface area contributed by atoms with E-state index in [2.05, 4.69) is 10.4 Å². The molecule has 0 aliphatic heterocycles. The number of aromatic nitrogens is 2. The van der Waals surface area contributed by atoms with Gasteiger partial charge in [0.15, 0.2) is 0 Å². The summed E-state index contributed by atoms with van der Waals surface area (Å²) in [5.41, 5.74) is 1.35. The maximum Gasteiger partial charge on any atom is 0.307 e. The minimum atomic E-state index is -0.924. The summed E-state index contributed by atoms with van der Waals surface area (Å²) in [7, 11) is 1.77. The highest BCUT2D eigenvalue weighted by Crippen LogP contribution is 2.27. The van der Waals surface area contributed by atoms with Gasteiger partial charge in [0.2, 0.25) is 5.91 Å². The first-order chi connectivity index (χ1) is 8.99. The first kappa shape index (κ1) is 13.3. The second-order valence-electron chi connectivity index (χ2n) is 4.79. The van der Waals surface area contributed by atoms with Crippen molar-refractivity contribution < 1.29 is 14.7 Å². The van der Waals surface area contributed by atoms with Gasteiger partial charge in [0.05, 0.1) is 23.2 Å². The molecule has 2 rings (SSSR count). The number of nitrogens with zero attached hydrogens (tertiary/aromatic N) is 2. The molecule has 6 heteroatoms. The van der Waals surface area contributed by atoms with E-state index in [-0.39, 0.29) is 5.91 Å². The fourth-order valence-corrected chi connectivity index (χ4v) is 2.32. The predicted octanol–water partition coefficient (Wildman–Crippen LogP) is 1.33. The molecule has 1 heterocycles. The molecule has 0 radical (unpaired) electrons. The number of allylic oxidation sites excluding steroid dienone is 2. The van der Waals surface area contributed by atoms with Gasteiger partial charge in [-0.25, -0.2) is 0 Å². The Morgan fingerprint density at radius 1 is 1.37 bits per heavy atom. The van der Waals surface area contributed by atoms with Gasteiger partial charge in [-0.2, -0.15) is 5.10 Å². The third kappa shape index (κ3) is 2.83. The molecule has 0 fully saturated rings. The topological polar surface area (TPSA) is 84.2 Å². The molecule has 1 aromatic heterocycles. The number of aliphatic carboxylic acids is 1. The highest BCUT2D eigenvalue weighted by Gasteiger charge is 2.34. The number of rotatable bonds is 3. The van der Waals surface area contributed by atoms with Gasteiger partial charge in [-0.3, -0.25) is 14.3 Å². The van der Waals surface area contributed by atoms with Gasteiger partial charge in [-0.15, -0.1) is 0 Å². The molecule has 1 aromatic rings. The average molecular weight is 263 g/mol. The van der Waals surface area contributed by atoms with Crippen molar-refractivity contribution in [2.45, 2.75) is 19.8 Å². The monoisotopic (exact) mass is 263 g/mol. The van der Waals surface area contributed by atoms with E-state index in [1.165, 1.54) is 0 Å². The lowest BCUT2D eigenvalue weighted by atomic mass is 9.82. The Hall–Kier alpha value is -2.11. The normalized spacial score (nSPS) is 22.2. The Bertz CT molecular complexity index is 533. The molecule has 6 nitrogen and oxygen atoms in total. The summed E-state index contributed by atoms with van der Waals surface area (Å²) in [6.07, 6.45) is 6.25. The SMILES string of the molecule is Cc1nn(C)cc1NC(=O)[C@@H]1CC=CC[C@@H]1C(=O)O. The minimum absolute atomic E-state index is 0.257. The van der Waals surface area contributed by atoms with Gasteiger partial charge in [-0.1, -0.05) is 12.2 Å². The second-order valence-corrected chi connectivity index (χ2v) is 4.79. The van der Waals surface area contributed by atoms with Gasteiger partial charge >= 0.3 is 5.97 Å². The van der Waals surface area contributed by atoms with Crippen molar-refractivity contribution in [3.8, 4) is 0 Å². The van der Waals surface area contributed by atoms with E-state index in [4.69, 9.17) is 5.11 Å². The standard InChI is InChI=1S/C13H17N3O3/c1-8-11(7-16(2)15-8)14-12(17)9-5-3-4-6-10(9)13(18)19/h3-4,7,9-10H,5-6H2,1-2H3,(H,14,17)(H,18,19)/t9-,10+/m1/s1. The number of amides is 1. The zero-order valence-corrected chi connectivity index (χ0v) is 11.0. The molecular weight excluding hydrogens is 246 g/mol. The molecule has 102 valence electrons. The lowest BCUT2D eigenvalue weighted by molar-refractivity contribution is -0.146. The van der Waals surface area contributed by atoms with E-state index < -0.39 is 17.8 Å². The molecule has 2 atom stereocenters. The number of carboxylic acid groups (broad SMARTS) is 1. The molecule has 0 saturated heterocycles. The Morgan fingerprint density at radius 3 is 2.53 bits per heavy atom. The predicted molar refractivity (Wildman–Crippen MR) is 69.6 cm³/mol. The highest BCUT2D eigenvalue weighted by molar-refractivity contribution is 5.95.